The van der Waals surface area contributed by atoms with Gasteiger partial charge in [-0.25, -0.2) is 0 Å². The molecule has 1 nitrogen and oxygen atoms in total. The summed E-state index contributed by atoms with van der Waals surface area (Å²) in [7, 11) is 0. The molecule has 0 amide bonds. The Morgan fingerprint density at radius 2 is 1.91 bits per heavy atom. The van der Waals surface area contributed by atoms with Crippen LogP contribution in [0.3, 0.4) is 0 Å². The Morgan fingerprint density at radius 3 is 2.36 bits per heavy atom. The highest BCUT2D eigenvalue weighted by molar-refractivity contribution is 5.48. The molecule has 0 spiro atoms. The van der Waals surface area contributed by atoms with Crippen LogP contribution in [0.5, 0.6) is 0 Å². The fraction of sp³-hybridized carbons (Fsp3) is 0.900. The van der Waals surface area contributed by atoms with Crippen molar-refractivity contribution < 1.29 is 4.79 Å². The molecular formula is C10H20O. The van der Waals surface area contributed by atoms with Gasteiger partial charge in [0.2, 0.25) is 0 Å². The first-order valence-electron chi connectivity index (χ1n) is 4.56. The minimum Gasteiger partial charge on any atom is -0.303 e. The van der Waals surface area contributed by atoms with Gasteiger partial charge in [-0.15, -0.1) is 0 Å². The van der Waals surface area contributed by atoms with Crippen LogP contribution in [-0.4, -0.2) is 6.29 Å². The molecule has 66 valence electrons. The molecule has 0 heterocycles. The van der Waals surface area contributed by atoms with Crippen LogP contribution in [0, 0.1) is 5.41 Å². The number of unbranched alkanes of at least 4 members (excludes halogenated alkanes) is 1. The SMILES string of the molecule is CCCC(C)(C)CCCC=O. The number of carbonyl (C=O) groups is 1. The largest absolute Gasteiger partial charge is 0.303 e. The van der Waals surface area contributed by atoms with E-state index < -0.39 is 0 Å². The summed E-state index contributed by atoms with van der Waals surface area (Å²) in [5.41, 5.74) is 0.442. The third-order valence-electron chi connectivity index (χ3n) is 2.10. The Kier molecular flexibility index (Phi) is 5.18. The molecule has 0 fully saturated rings. The van der Waals surface area contributed by atoms with E-state index in [0.717, 1.165) is 19.1 Å². The van der Waals surface area contributed by atoms with Crippen LogP contribution < -0.4 is 0 Å². The second-order valence-corrected chi connectivity index (χ2v) is 3.97. The van der Waals surface area contributed by atoms with Gasteiger partial charge in [0.15, 0.2) is 0 Å². The minimum atomic E-state index is 0.442. The maximum Gasteiger partial charge on any atom is 0.119 e. The van der Waals surface area contributed by atoms with E-state index >= 15 is 0 Å². The van der Waals surface area contributed by atoms with E-state index in [-0.39, 0.29) is 0 Å². The van der Waals surface area contributed by atoms with Crippen LogP contribution in [0.15, 0.2) is 0 Å². The zero-order chi connectivity index (χ0) is 8.74. The molecule has 0 aliphatic rings. The topological polar surface area (TPSA) is 17.1 Å². The molecule has 0 aromatic carbocycles. The zero-order valence-corrected chi connectivity index (χ0v) is 8.02. The summed E-state index contributed by atoms with van der Waals surface area (Å²) < 4.78 is 0. The van der Waals surface area contributed by atoms with Crippen molar-refractivity contribution in [2.24, 2.45) is 5.41 Å². The van der Waals surface area contributed by atoms with Crippen LogP contribution in [0.25, 0.3) is 0 Å². The van der Waals surface area contributed by atoms with Gasteiger partial charge >= 0.3 is 0 Å². The van der Waals surface area contributed by atoms with E-state index in [9.17, 15) is 4.79 Å². The van der Waals surface area contributed by atoms with Crippen molar-refractivity contribution in [3.63, 3.8) is 0 Å². The number of rotatable bonds is 6. The molecule has 0 aliphatic heterocycles. The van der Waals surface area contributed by atoms with Gasteiger partial charge in [-0.3, -0.25) is 0 Å². The molecule has 0 atom stereocenters. The van der Waals surface area contributed by atoms with Crippen LogP contribution >= 0.6 is 0 Å². The second kappa shape index (κ2) is 5.34. The fourth-order valence-electron chi connectivity index (χ4n) is 1.47. The van der Waals surface area contributed by atoms with E-state index in [1.54, 1.807) is 0 Å². The van der Waals surface area contributed by atoms with Crippen molar-refractivity contribution in [3.8, 4) is 0 Å². The fourth-order valence-corrected chi connectivity index (χ4v) is 1.47. The van der Waals surface area contributed by atoms with Crippen molar-refractivity contribution in [2.75, 3.05) is 0 Å². The van der Waals surface area contributed by atoms with Crippen LogP contribution in [0.4, 0.5) is 0 Å². The maximum atomic E-state index is 10.0. The number of hydrogen-bond acceptors (Lipinski definition) is 1. The minimum absolute atomic E-state index is 0.442. The first kappa shape index (κ1) is 10.7. The molecule has 0 N–H and O–H groups in total. The van der Waals surface area contributed by atoms with Gasteiger partial charge in [0, 0.05) is 6.42 Å². The third kappa shape index (κ3) is 6.08. The number of aldehydes is 1. The van der Waals surface area contributed by atoms with Crippen molar-refractivity contribution in [3.05, 3.63) is 0 Å². The smallest absolute Gasteiger partial charge is 0.119 e. The van der Waals surface area contributed by atoms with Crippen molar-refractivity contribution in [2.45, 2.75) is 52.9 Å². The van der Waals surface area contributed by atoms with Gasteiger partial charge in [-0.1, -0.05) is 27.2 Å². The van der Waals surface area contributed by atoms with Gasteiger partial charge < -0.3 is 4.79 Å². The normalized spacial score (nSPS) is 11.5. The number of carbonyl (C=O) groups excluding carboxylic acids is 1. The first-order valence-corrected chi connectivity index (χ1v) is 4.56. The Morgan fingerprint density at radius 1 is 1.27 bits per heavy atom. The molecule has 0 unspecified atom stereocenters. The Balaban J connectivity index is 3.45. The van der Waals surface area contributed by atoms with Crippen LogP contribution in [0.1, 0.15) is 52.9 Å². The summed E-state index contributed by atoms with van der Waals surface area (Å²) in [6, 6.07) is 0. The molecule has 0 saturated carbocycles. The lowest BCUT2D eigenvalue weighted by molar-refractivity contribution is -0.108. The molecule has 0 aliphatic carbocycles. The monoisotopic (exact) mass is 156 g/mol. The van der Waals surface area contributed by atoms with E-state index in [1.807, 2.05) is 0 Å². The molecule has 0 bridgehead atoms. The van der Waals surface area contributed by atoms with Gasteiger partial charge in [-0.05, 0) is 24.7 Å². The van der Waals surface area contributed by atoms with Crippen molar-refractivity contribution in [1.82, 2.24) is 0 Å². The van der Waals surface area contributed by atoms with Crippen LogP contribution in [-0.2, 0) is 4.79 Å². The number of hydrogen-bond donors (Lipinski definition) is 0. The highest BCUT2D eigenvalue weighted by Crippen LogP contribution is 2.28. The molecule has 11 heavy (non-hydrogen) atoms. The molecule has 0 radical (unpaired) electrons. The van der Waals surface area contributed by atoms with Crippen LogP contribution in [0.2, 0.25) is 0 Å². The molecular weight excluding hydrogens is 136 g/mol. The van der Waals surface area contributed by atoms with Gasteiger partial charge in [0.25, 0.3) is 0 Å². The van der Waals surface area contributed by atoms with E-state index in [0.29, 0.717) is 5.41 Å². The highest BCUT2D eigenvalue weighted by Gasteiger charge is 2.14. The predicted octanol–water partition coefficient (Wildman–Crippen LogP) is 3.18. The summed E-state index contributed by atoms with van der Waals surface area (Å²) in [6.07, 6.45) is 6.49. The summed E-state index contributed by atoms with van der Waals surface area (Å²) in [6.45, 7) is 6.77. The maximum absolute atomic E-state index is 10.0. The van der Waals surface area contributed by atoms with Crippen molar-refractivity contribution in [1.29, 1.82) is 0 Å². The van der Waals surface area contributed by atoms with Gasteiger partial charge in [-0.2, -0.15) is 0 Å². The average molecular weight is 156 g/mol. The summed E-state index contributed by atoms with van der Waals surface area (Å²) in [5.74, 6) is 0. The standard InChI is InChI=1S/C10H20O/c1-4-7-10(2,3)8-5-6-9-11/h9H,4-8H2,1-3H3. The summed E-state index contributed by atoms with van der Waals surface area (Å²) in [4.78, 5) is 10.0. The second-order valence-electron chi connectivity index (χ2n) is 3.97. The Labute approximate surface area is 70.2 Å². The van der Waals surface area contributed by atoms with E-state index in [4.69, 9.17) is 0 Å². The molecule has 0 saturated heterocycles. The highest BCUT2D eigenvalue weighted by atomic mass is 16.1. The Bertz CT molecular complexity index is 105. The van der Waals surface area contributed by atoms with Crippen molar-refractivity contribution >= 4 is 6.29 Å². The van der Waals surface area contributed by atoms with E-state index in [1.165, 1.54) is 19.3 Å². The third-order valence-corrected chi connectivity index (χ3v) is 2.10. The van der Waals surface area contributed by atoms with E-state index in [2.05, 4.69) is 20.8 Å². The molecule has 0 aromatic rings. The lowest BCUT2D eigenvalue weighted by Crippen LogP contribution is -2.10. The lowest BCUT2D eigenvalue weighted by Gasteiger charge is -2.23. The summed E-state index contributed by atoms with van der Waals surface area (Å²) in [5, 5.41) is 0. The van der Waals surface area contributed by atoms with Gasteiger partial charge in [0.05, 0.1) is 0 Å². The molecule has 0 aromatic heterocycles. The summed E-state index contributed by atoms with van der Waals surface area (Å²) >= 11 is 0. The Hall–Kier alpha value is -0.330. The first-order chi connectivity index (χ1) is 5.12. The predicted molar refractivity (Wildman–Crippen MR) is 48.6 cm³/mol. The molecule has 1 heteroatoms. The lowest BCUT2D eigenvalue weighted by atomic mass is 9.83. The quantitative estimate of drug-likeness (QED) is 0.426. The zero-order valence-electron chi connectivity index (χ0n) is 8.02. The average Bonchev–Trinajstić information content (AvgIpc) is 1.87. The molecule has 0 rings (SSSR count). The van der Waals surface area contributed by atoms with Gasteiger partial charge in [0.1, 0.15) is 6.29 Å².